The van der Waals surface area contributed by atoms with Gasteiger partial charge in [0.1, 0.15) is 4.99 Å². The summed E-state index contributed by atoms with van der Waals surface area (Å²) in [4.78, 5) is 2.83. The molecule has 2 rings (SSSR count). The van der Waals surface area contributed by atoms with Gasteiger partial charge in [0.2, 0.25) is 0 Å². The Balaban J connectivity index is 2.42. The Morgan fingerprint density at radius 1 is 1.59 bits per heavy atom. The first kappa shape index (κ1) is 12.7. The Morgan fingerprint density at radius 2 is 2.35 bits per heavy atom. The minimum Gasteiger partial charge on any atom is -0.389 e. The lowest BCUT2D eigenvalue weighted by Gasteiger charge is -2.28. The molecule has 1 fully saturated rings. The van der Waals surface area contributed by atoms with E-state index in [0.717, 1.165) is 29.2 Å². The maximum Gasteiger partial charge on any atom is 0.106 e. The fourth-order valence-electron chi connectivity index (χ4n) is 2.53. The smallest absolute Gasteiger partial charge is 0.106 e. The summed E-state index contributed by atoms with van der Waals surface area (Å²) in [6.07, 6.45) is 3.60. The molecule has 0 bridgehead atoms. The van der Waals surface area contributed by atoms with Crippen LogP contribution in [0.4, 0.5) is 5.69 Å². The summed E-state index contributed by atoms with van der Waals surface area (Å²) in [5, 5.41) is 0.738. The molecule has 1 saturated heterocycles. The number of nitrogens with zero attached hydrogens (tertiary/aromatic N) is 1. The number of nitrogens with two attached hydrogens (primary N) is 1. The van der Waals surface area contributed by atoms with Crippen molar-refractivity contribution in [2.75, 3.05) is 11.4 Å². The summed E-state index contributed by atoms with van der Waals surface area (Å²) in [5.74, 6) is 0. The molecular weight excluding hydrogens is 252 g/mol. The van der Waals surface area contributed by atoms with Crippen LogP contribution in [-0.2, 0) is 0 Å². The monoisotopic (exact) mass is 268 g/mol. The molecular formula is C13H17ClN2S. The van der Waals surface area contributed by atoms with Crippen LogP contribution < -0.4 is 10.6 Å². The quantitative estimate of drug-likeness (QED) is 0.853. The summed E-state index contributed by atoms with van der Waals surface area (Å²) in [6, 6.07) is 6.33. The maximum absolute atomic E-state index is 6.08. The molecule has 1 unspecified atom stereocenters. The molecule has 1 aromatic carbocycles. The van der Waals surface area contributed by atoms with Gasteiger partial charge in [0, 0.05) is 28.9 Å². The first-order valence-corrected chi connectivity index (χ1v) is 6.78. The third-order valence-electron chi connectivity index (χ3n) is 3.38. The van der Waals surface area contributed by atoms with Gasteiger partial charge >= 0.3 is 0 Å². The van der Waals surface area contributed by atoms with E-state index in [4.69, 9.17) is 29.6 Å². The zero-order chi connectivity index (χ0) is 12.4. The zero-order valence-electron chi connectivity index (χ0n) is 9.95. The van der Waals surface area contributed by atoms with E-state index in [9.17, 15) is 0 Å². The van der Waals surface area contributed by atoms with Crippen LogP contribution in [0.1, 0.15) is 31.7 Å². The van der Waals surface area contributed by atoms with Crippen LogP contribution in [0.25, 0.3) is 0 Å². The van der Waals surface area contributed by atoms with Crippen molar-refractivity contribution in [1.29, 1.82) is 0 Å². The number of hydrogen-bond acceptors (Lipinski definition) is 2. The van der Waals surface area contributed by atoms with Gasteiger partial charge in [-0.3, -0.25) is 0 Å². The molecule has 0 aromatic heterocycles. The second-order valence-corrected chi connectivity index (χ2v) is 5.30. The van der Waals surface area contributed by atoms with Gasteiger partial charge in [-0.2, -0.15) is 0 Å². The van der Waals surface area contributed by atoms with Crippen molar-refractivity contribution in [2.24, 2.45) is 5.73 Å². The molecule has 2 N–H and O–H groups in total. The van der Waals surface area contributed by atoms with Gasteiger partial charge in [0.25, 0.3) is 0 Å². The minimum atomic E-state index is 0.443. The first-order chi connectivity index (χ1) is 8.13. The number of hydrogen-bond donors (Lipinski definition) is 1. The van der Waals surface area contributed by atoms with Gasteiger partial charge < -0.3 is 10.6 Å². The van der Waals surface area contributed by atoms with Gasteiger partial charge in [0.15, 0.2) is 0 Å². The topological polar surface area (TPSA) is 29.3 Å². The van der Waals surface area contributed by atoms with Crippen LogP contribution >= 0.6 is 23.8 Å². The molecule has 0 spiro atoms. The van der Waals surface area contributed by atoms with Crippen LogP contribution in [0, 0.1) is 0 Å². The molecule has 4 heteroatoms. The van der Waals surface area contributed by atoms with Crippen molar-refractivity contribution in [3.05, 3.63) is 28.8 Å². The number of benzene rings is 1. The van der Waals surface area contributed by atoms with E-state index >= 15 is 0 Å². The van der Waals surface area contributed by atoms with Crippen LogP contribution in [0.3, 0.4) is 0 Å². The van der Waals surface area contributed by atoms with Crippen molar-refractivity contribution in [3.8, 4) is 0 Å². The summed E-state index contributed by atoms with van der Waals surface area (Å²) >= 11 is 11.2. The SMILES string of the molecule is CCC1CCCN1c1cc(Cl)ccc1C(N)=S. The second kappa shape index (κ2) is 5.23. The van der Waals surface area contributed by atoms with Crippen molar-refractivity contribution in [1.82, 2.24) is 0 Å². The van der Waals surface area contributed by atoms with Crippen molar-refractivity contribution < 1.29 is 0 Å². The highest BCUT2D eigenvalue weighted by Gasteiger charge is 2.25. The fraction of sp³-hybridized carbons (Fsp3) is 0.462. The van der Waals surface area contributed by atoms with Gasteiger partial charge in [-0.15, -0.1) is 0 Å². The van der Waals surface area contributed by atoms with E-state index < -0.39 is 0 Å². The highest BCUT2D eigenvalue weighted by Crippen LogP contribution is 2.32. The number of halogens is 1. The average molecular weight is 269 g/mol. The number of anilines is 1. The standard InChI is InChI=1S/C13H17ClN2S/c1-2-10-4-3-7-16(10)12-8-9(14)5-6-11(12)13(15)17/h5-6,8,10H,2-4,7H2,1H3,(H2,15,17). The van der Waals surface area contributed by atoms with E-state index in [0.29, 0.717) is 11.0 Å². The predicted octanol–water partition coefficient (Wildman–Crippen LogP) is 3.35. The molecule has 1 aliphatic heterocycles. The lowest BCUT2D eigenvalue weighted by molar-refractivity contribution is 0.645. The summed E-state index contributed by atoms with van der Waals surface area (Å²) in [6.45, 7) is 3.28. The fourth-order valence-corrected chi connectivity index (χ4v) is 2.87. The Morgan fingerprint density at radius 3 is 3.00 bits per heavy atom. The van der Waals surface area contributed by atoms with Gasteiger partial charge in [-0.05, 0) is 37.5 Å². The van der Waals surface area contributed by atoms with Crippen LogP contribution in [-0.4, -0.2) is 17.6 Å². The second-order valence-electron chi connectivity index (χ2n) is 4.42. The maximum atomic E-state index is 6.08. The highest BCUT2D eigenvalue weighted by molar-refractivity contribution is 7.80. The van der Waals surface area contributed by atoms with Crippen LogP contribution in [0.15, 0.2) is 18.2 Å². The average Bonchev–Trinajstić information content (AvgIpc) is 2.76. The number of thiocarbonyl (C=S) groups is 1. The largest absolute Gasteiger partial charge is 0.389 e. The molecule has 0 aliphatic carbocycles. The molecule has 2 nitrogen and oxygen atoms in total. The molecule has 92 valence electrons. The predicted molar refractivity (Wildman–Crippen MR) is 78.0 cm³/mol. The summed E-state index contributed by atoms with van der Waals surface area (Å²) in [5.41, 5.74) is 7.81. The molecule has 0 saturated carbocycles. The lowest BCUT2D eigenvalue weighted by atomic mass is 10.1. The zero-order valence-corrected chi connectivity index (χ0v) is 11.5. The van der Waals surface area contributed by atoms with Gasteiger partial charge in [0.05, 0.1) is 0 Å². The molecule has 1 aromatic rings. The summed E-state index contributed by atoms with van der Waals surface area (Å²) in [7, 11) is 0. The summed E-state index contributed by atoms with van der Waals surface area (Å²) < 4.78 is 0. The Bertz CT molecular complexity index is 433. The lowest BCUT2D eigenvalue weighted by Crippen LogP contribution is -2.30. The molecule has 1 aliphatic rings. The van der Waals surface area contributed by atoms with Crippen molar-refractivity contribution >= 4 is 34.5 Å². The Labute approximate surface area is 113 Å². The van der Waals surface area contributed by atoms with Crippen LogP contribution in [0.2, 0.25) is 5.02 Å². The first-order valence-electron chi connectivity index (χ1n) is 5.99. The molecule has 1 heterocycles. The normalized spacial score (nSPS) is 19.6. The van der Waals surface area contributed by atoms with Crippen molar-refractivity contribution in [3.63, 3.8) is 0 Å². The highest BCUT2D eigenvalue weighted by atomic mass is 35.5. The third-order valence-corrected chi connectivity index (χ3v) is 3.84. The Kier molecular flexibility index (Phi) is 3.89. The van der Waals surface area contributed by atoms with E-state index in [1.54, 1.807) is 0 Å². The van der Waals surface area contributed by atoms with Gasteiger partial charge in [-0.25, -0.2) is 0 Å². The molecule has 0 radical (unpaired) electrons. The van der Waals surface area contributed by atoms with E-state index in [1.165, 1.54) is 12.8 Å². The van der Waals surface area contributed by atoms with Gasteiger partial charge in [-0.1, -0.05) is 30.7 Å². The van der Waals surface area contributed by atoms with E-state index in [1.807, 2.05) is 18.2 Å². The van der Waals surface area contributed by atoms with Crippen LogP contribution in [0.5, 0.6) is 0 Å². The van der Waals surface area contributed by atoms with E-state index in [2.05, 4.69) is 11.8 Å². The molecule has 0 amide bonds. The third kappa shape index (κ3) is 2.55. The Hall–Kier alpha value is -0.800. The minimum absolute atomic E-state index is 0.443. The van der Waals surface area contributed by atoms with Crippen molar-refractivity contribution in [2.45, 2.75) is 32.2 Å². The molecule has 1 atom stereocenters. The molecule has 17 heavy (non-hydrogen) atoms. The number of rotatable bonds is 3. The van der Waals surface area contributed by atoms with E-state index in [-0.39, 0.29) is 0 Å².